The van der Waals surface area contributed by atoms with Gasteiger partial charge >= 0.3 is 0 Å². The van der Waals surface area contributed by atoms with E-state index in [9.17, 15) is 4.79 Å². The van der Waals surface area contributed by atoms with E-state index in [-0.39, 0.29) is 11.8 Å². The van der Waals surface area contributed by atoms with Crippen LogP contribution in [0.3, 0.4) is 0 Å². The zero-order valence-corrected chi connectivity index (χ0v) is 11.7. The van der Waals surface area contributed by atoms with Crippen LogP contribution in [0.1, 0.15) is 28.9 Å². The van der Waals surface area contributed by atoms with Crippen molar-refractivity contribution in [2.75, 3.05) is 5.32 Å². The number of nitrogens with one attached hydrogen (secondary N) is 2. The topological polar surface area (TPSA) is 70.7 Å². The number of anilines is 1. The maximum absolute atomic E-state index is 12.3. The number of aryl methyl sites for hydroxylation is 3. The fourth-order valence-corrected chi connectivity index (χ4v) is 2.57. The molecule has 0 bridgehead atoms. The number of aromatic amines is 1. The van der Waals surface area contributed by atoms with Crippen LogP contribution in [0.5, 0.6) is 0 Å². The molecule has 1 aliphatic rings. The lowest BCUT2D eigenvalue weighted by Crippen LogP contribution is -2.28. The van der Waals surface area contributed by atoms with Crippen molar-refractivity contribution in [1.29, 1.82) is 0 Å². The Kier molecular flexibility index (Phi) is 3.26. The van der Waals surface area contributed by atoms with Gasteiger partial charge in [-0.15, -0.1) is 0 Å². The van der Waals surface area contributed by atoms with Crippen molar-refractivity contribution in [2.24, 2.45) is 5.92 Å². The van der Waals surface area contributed by atoms with E-state index in [0.717, 1.165) is 29.9 Å². The number of H-pyrrole nitrogens is 1. The number of aromatic nitrogens is 3. The third-order valence-corrected chi connectivity index (χ3v) is 4.02. The van der Waals surface area contributed by atoms with Crippen LogP contribution in [0.15, 0.2) is 18.2 Å². The number of hydrogen-bond donors (Lipinski definition) is 2. The van der Waals surface area contributed by atoms with Crippen LogP contribution in [0, 0.1) is 19.8 Å². The average molecular weight is 270 g/mol. The molecule has 1 aromatic carbocycles. The van der Waals surface area contributed by atoms with Gasteiger partial charge in [-0.05, 0) is 49.9 Å². The fraction of sp³-hybridized carbons (Fsp3) is 0.400. The van der Waals surface area contributed by atoms with Crippen LogP contribution in [0.4, 0.5) is 5.69 Å². The molecule has 1 aromatic heterocycles. The summed E-state index contributed by atoms with van der Waals surface area (Å²) in [6, 6.07) is 5.99. The predicted octanol–water partition coefficient (Wildman–Crippen LogP) is 2.17. The number of hydrogen-bond acceptors (Lipinski definition) is 3. The molecule has 0 aliphatic heterocycles. The van der Waals surface area contributed by atoms with Gasteiger partial charge in [-0.1, -0.05) is 6.07 Å². The lowest BCUT2D eigenvalue weighted by atomic mass is 9.89. The van der Waals surface area contributed by atoms with Crippen molar-refractivity contribution in [3.63, 3.8) is 0 Å². The first-order valence-corrected chi connectivity index (χ1v) is 6.90. The monoisotopic (exact) mass is 270 g/mol. The molecule has 1 heterocycles. The Morgan fingerprint density at radius 1 is 1.25 bits per heavy atom. The molecule has 1 unspecified atom stereocenters. The van der Waals surface area contributed by atoms with Gasteiger partial charge in [0.1, 0.15) is 0 Å². The molecule has 0 saturated heterocycles. The summed E-state index contributed by atoms with van der Waals surface area (Å²) < 4.78 is 0. The summed E-state index contributed by atoms with van der Waals surface area (Å²) in [5, 5.41) is 13.8. The summed E-state index contributed by atoms with van der Waals surface area (Å²) in [5.41, 5.74) is 5.21. The molecule has 5 heteroatoms. The maximum atomic E-state index is 12.3. The zero-order chi connectivity index (χ0) is 14.1. The van der Waals surface area contributed by atoms with Gasteiger partial charge in [-0.2, -0.15) is 15.4 Å². The van der Waals surface area contributed by atoms with Crippen molar-refractivity contribution >= 4 is 11.6 Å². The molecule has 1 amide bonds. The predicted molar refractivity (Wildman–Crippen MR) is 76.4 cm³/mol. The van der Waals surface area contributed by atoms with Crippen molar-refractivity contribution in [3.8, 4) is 0 Å². The highest BCUT2D eigenvalue weighted by molar-refractivity contribution is 5.93. The molecule has 1 atom stereocenters. The van der Waals surface area contributed by atoms with Crippen molar-refractivity contribution < 1.29 is 4.79 Å². The molecular weight excluding hydrogens is 252 g/mol. The molecule has 0 saturated carbocycles. The van der Waals surface area contributed by atoms with E-state index in [4.69, 9.17) is 0 Å². The highest BCUT2D eigenvalue weighted by Crippen LogP contribution is 2.24. The van der Waals surface area contributed by atoms with Crippen LogP contribution in [-0.2, 0) is 17.6 Å². The molecule has 0 spiro atoms. The highest BCUT2D eigenvalue weighted by atomic mass is 16.1. The standard InChI is InChI=1S/C15H18N4O/c1-9-3-5-12(7-10(9)2)16-15(20)11-4-6-13-14(8-11)18-19-17-13/h3,5,7,11H,4,6,8H2,1-2H3,(H,16,20)(H,17,18,19). The lowest BCUT2D eigenvalue weighted by Gasteiger charge is -2.19. The number of nitrogens with zero attached hydrogens (tertiary/aromatic N) is 2. The first-order valence-electron chi connectivity index (χ1n) is 6.90. The average Bonchev–Trinajstić information content (AvgIpc) is 2.90. The molecule has 2 N–H and O–H groups in total. The quantitative estimate of drug-likeness (QED) is 0.878. The van der Waals surface area contributed by atoms with Crippen molar-refractivity contribution in [2.45, 2.75) is 33.1 Å². The molecule has 104 valence electrons. The van der Waals surface area contributed by atoms with Gasteiger partial charge in [0.15, 0.2) is 0 Å². The fourth-order valence-electron chi connectivity index (χ4n) is 2.57. The largest absolute Gasteiger partial charge is 0.326 e. The SMILES string of the molecule is Cc1ccc(NC(=O)C2CCc3n[nH]nc3C2)cc1C. The van der Waals surface area contributed by atoms with Crippen LogP contribution in [0.2, 0.25) is 0 Å². The normalized spacial score (nSPS) is 17.6. The van der Waals surface area contributed by atoms with E-state index in [1.807, 2.05) is 25.1 Å². The smallest absolute Gasteiger partial charge is 0.227 e. The summed E-state index contributed by atoms with van der Waals surface area (Å²) in [4.78, 5) is 12.3. The second-order valence-corrected chi connectivity index (χ2v) is 5.45. The number of rotatable bonds is 2. The molecular formula is C15H18N4O. The van der Waals surface area contributed by atoms with E-state index < -0.39 is 0 Å². The van der Waals surface area contributed by atoms with Gasteiger partial charge in [0.2, 0.25) is 5.91 Å². The number of carbonyl (C=O) groups excluding carboxylic acids is 1. The van der Waals surface area contributed by atoms with E-state index in [2.05, 4.69) is 27.7 Å². The molecule has 2 aromatic rings. The summed E-state index contributed by atoms with van der Waals surface area (Å²) >= 11 is 0. The van der Waals surface area contributed by atoms with Gasteiger partial charge in [0.05, 0.1) is 11.4 Å². The third-order valence-electron chi connectivity index (χ3n) is 4.02. The van der Waals surface area contributed by atoms with E-state index in [0.29, 0.717) is 6.42 Å². The second-order valence-electron chi connectivity index (χ2n) is 5.45. The molecule has 0 fully saturated rings. The molecule has 1 aliphatic carbocycles. The molecule has 0 radical (unpaired) electrons. The Labute approximate surface area is 117 Å². The van der Waals surface area contributed by atoms with Gasteiger partial charge < -0.3 is 5.32 Å². The number of fused-ring (bicyclic) bond motifs is 1. The van der Waals surface area contributed by atoms with Gasteiger partial charge in [0, 0.05) is 18.0 Å². The van der Waals surface area contributed by atoms with E-state index in [1.165, 1.54) is 11.1 Å². The molecule has 5 nitrogen and oxygen atoms in total. The number of amides is 1. The second kappa shape index (κ2) is 5.07. The van der Waals surface area contributed by atoms with Crippen LogP contribution in [-0.4, -0.2) is 21.3 Å². The highest BCUT2D eigenvalue weighted by Gasteiger charge is 2.27. The Morgan fingerprint density at radius 2 is 2.05 bits per heavy atom. The number of benzene rings is 1. The summed E-state index contributed by atoms with van der Waals surface area (Å²) in [6.07, 6.45) is 2.32. The van der Waals surface area contributed by atoms with Gasteiger partial charge in [-0.25, -0.2) is 0 Å². The van der Waals surface area contributed by atoms with Crippen LogP contribution >= 0.6 is 0 Å². The Hall–Kier alpha value is -2.17. The minimum Gasteiger partial charge on any atom is -0.326 e. The van der Waals surface area contributed by atoms with E-state index in [1.54, 1.807) is 0 Å². The minimum absolute atomic E-state index is 0.0193. The Morgan fingerprint density at radius 3 is 2.85 bits per heavy atom. The van der Waals surface area contributed by atoms with Crippen molar-refractivity contribution in [1.82, 2.24) is 15.4 Å². The summed E-state index contributed by atoms with van der Waals surface area (Å²) in [6.45, 7) is 4.11. The van der Waals surface area contributed by atoms with E-state index >= 15 is 0 Å². The third kappa shape index (κ3) is 2.43. The first-order chi connectivity index (χ1) is 9.63. The maximum Gasteiger partial charge on any atom is 0.227 e. The zero-order valence-electron chi connectivity index (χ0n) is 11.7. The lowest BCUT2D eigenvalue weighted by molar-refractivity contribution is -0.120. The van der Waals surface area contributed by atoms with Gasteiger partial charge in [0.25, 0.3) is 0 Å². The summed E-state index contributed by atoms with van der Waals surface area (Å²) in [5.74, 6) is 0.0520. The Balaban J connectivity index is 1.69. The Bertz CT molecular complexity index is 647. The van der Waals surface area contributed by atoms with Gasteiger partial charge in [-0.3, -0.25) is 4.79 Å². The van der Waals surface area contributed by atoms with Crippen LogP contribution in [0.25, 0.3) is 0 Å². The number of carbonyl (C=O) groups is 1. The minimum atomic E-state index is -0.0193. The summed E-state index contributed by atoms with van der Waals surface area (Å²) in [7, 11) is 0. The first kappa shape index (κ1) is 12.8. The molecule has 3 rings (SSSR count). The van der Waals surface area contributed by atoms with Crippen LogP contribution < -0.4 is 5.32 Å². The van der Waals surface area contributed by atoms with Crippen molar-refractivity contribution in [3.05, 3.63) is 40.7 Å². The molecule has 20 heavy (non-hydrogen) atoms.